The van der Waals surface area contributed by atoms with Gasteiger partial charge in [-0.2, -0.15) is 0 Å². The van der Waals surface area contributed by atoms with Crippen LogP contribution in [-0.2, 0) is 14.3 Å². The molecule has 0 fully saturated rings. The van der Waals surface area contributed by atoms with Crippen molar-refractivity contribution in [3.63, 3.8) is 0 Å². The minimum atomic E-state index is -0.958. The molecule has 0 aliphatic carbocycles. The van der Waals surface area contributed by atoms with E-state index in [1.807, 2.05) is 6.92 Å². The molecule has 0 unspecified atom stereocenters. The van der Waals surface area contributed by atoms with Gasteiger partial charge in [0.1, 0.15) is 0 Å². The lowest BCUT2D eigenvalue weighted by Crippen LogP contribution is -2.36. The fourth-order valence-electron chi connectivity index (χ4n) is 2.66. The number of esters is 1. The van der Waals surface area contributed by atoms with Crippen molar-refractivity contribution in [2.75, 3.05) is 26.8 Å². The highest BCUT2D eigenvalue weighted by Gasteiger charge is 2.35. The second-order valence-electron chi connectivity index (χ2n) is 6.21. The Balaban J connectivity index is 2.08. The molecule has 1 aliphatic heterocycles. The molecule has 0 spiro atoms. The average molecular weight is 376 g/mol. The molecule has 1 N–H and O–H groups in total. The highest BCUT2D eigenvalue weighted by Crippen LogP contribution is 2.24. The van der Waals surface area contributed by atoms with E-state index in [2.05, 4.69) is 5.32 Å². The van der Waals surface area contributed by atoms with E-state index in [0.717, 1.165) is 11.3 Å². The monoisotopic (exact) mass is 376 g/mol. The molecule has 8 nitrogen and oxygen atoms in total. The number of carbonyl (C=O) groups excluding carboxylic acids is 4. The van der Waals surface area contributed by atoms with Crippen LogP contribution in [0.15, 0.2) is 18.2 Å². The zero-order valence-electron chi connectivity index (χ0n) is 15.7. The standard InChI is InChI=1S/C19H24N2O6/c1-4-8-20-16(22)12(2)27-19(25)13-6-7-14-15(11-13)18(24)21(17(14)23)9-5-10-26-3/h6-7,11-12H,4-5,8-10H2,1-3H3,(H,20,22)/t12-/m1/s1. The second-order valence-corrected chi connectivity index (χ2v) is 6.21. The number of hydrogen-bond acceptors (Lipinski definition) is 6. The molecular weight excluding hydrogens is 352 g/mol. The molecule has 0 saturated carbocycles. The summed E-state index contributed by atoms with van der Waals surface area (Å²) >= 11 is 0. The van der Waals surface area contributed by atoms with Crippen LogP contribution in [0, 0.1) is 0 Å². The summed E-state index contributed by atoms with van der Waals surface area (Å²) in [5, 5.41) is 2.64. The summed E-state index contributed by atoms with van der Waals surface area (Å²) in [6.45, 7) is 4.56. The predicted molar refractivity (Wildman–Crippen MR) is 96.5 cm³/mol. The SMILES string of the molecule is CCCNC(=O)[C@@H](C)OC(=O)c1ccc2c(c1)C(=O)N(CCCOC)C2=O. The molecule has 146 valence electrons. The Bertz CT molecular complexity index is 746. The van der Waals surface area contributed by atoms with Gasteiger partial charge in [-0.25, -0.2) is 4.79 Å². The average Bonchev–Trinajstić information content (AvgIpc) is 2.90. The van der Waals surface area contributed by atoms with Crippen molar-refractivity contribution in [3.8, 4) is 0 Å². The number of amides is 3. The summed E-state index contributed by atoms with van der Waals surface area (Å²) in [4.78, 5) is 50.1. The smallest absolute Gasteiger partial charge is 0.338 e. The number of imide groups is 1. The third kappa shape index (κ3) is 4.71. The van der Waals surface area contributed by atoms with Crippen molar-refractivity contribution in [1.29, 1.82) is 0 Å². The number of ether oxygens (including phenoxy) is 2. The van der Waals surface area contributed by atoms with Gasteiger partial charge in [-0.05, 0) is 38.0 Å². The Morgan fingerprint density at radius 3 is 2.56 bits per heavy atom. The minimum Gasteiger partial charge on any atom is -0.449 e. The van der Waals surface area contributed by atoms with Crippen LogP contribution >= 0.6 is 0 Å². The normalized spacial score (nSPS) is 14.1. The molecule has 3 amide bonds. The van der Waals surface area contributed by atoms with Crippen LogP contribution in [0.2, 0.25) is 0 Å². The number of nitrogens with one attached hydrogen (secondary N) is 1. The van der Waals surface area contributed by atoms with E-state index in [4.69, 9.17) is 9.47 Å². The Kier molecular flexibility index (Phi) is 7.06. The molecule has 0 radical (unpaired) electrons. The molecule has 2 rings (SSSR count). The lowest BCUT2D eigenvalue weighted by molar-refractivity contribution is -0.129. The van der Waals surface area contributed by atoms with Gasteiger partial charge in [0.25, 0.3) is 17.7 Å². The maximum atomic E-state index is 12.5. The van der Waals surface area contributed by atoms with Gasteiger partial charge in [-0.15, -0.1) is 0 Å². The molecule has 1 aliphatic rings. The van der Waals surface area contributed by atoms with Crippen molar-refractivity contribution in [2.45, 2.75) is 32.8 Å². The van der Waals surface area contributed by atoms with Crippen molar-refractivity contribution < 1.29 is 28.7 Å². The van der Waals surface area contributed by atoms with Gasteiger partial charge in [-0.1, -0.05) is 6.92 Å². The number of carbonyl (C=O) groups is 4. The molecular formula is C19H24N2O6. The lowest BCUT2D eigenvalue weighted by atomic mass is 10.1. The number of rotatable bonds is 9. The largest absolute Gasteiger partial charge is 0.449 e. The van der Waals surface area contributed by atoms with Crippen LogP contribution in [0.5, 0.6) is 0 Å². The van der Waals surface area contributed by atoms with E-state index >= 15 is 0 Å². The number of methoxy groups -OCH3 is 1. The van der Waals surface area contributed by atoms with Gasteiger partial charge < -0.3 is 14.8 Å². The first-order chi connectivity index (χ1) is 12.9. The van der Waals surface area contributed by atoms with E-state index in [-0.39, 0.29) is 29.1 Å². The molecule has 0 aromatic heterocycles. The van der Waals surface area contributed by atoms with Crippen LogP contribution in [0.25, 0.3) is 0 Å². The van der Waals surface area contributed by atoms with Gasteiger partial charge >= 0.3 is 5.97 Å². The molecule has 1 heterocycles. The third-order valence-electron chi connectivity index (χ3n) is 4.14. The Labute approximate surface area is 157 Å². The fraction of sp³-hybridized carbons (Fsp3) is 0.474. The zero-order chi connectivity index (χ0) is 20.0. The van der Waals surface area contributed by atoms with Crippen LogP contribution in [-0.4, -0.2) is 61.5 Å². The first-order valence-corrected chi connectivity index (χ1v) is 8.88. The van der Waals surface area contributed by atoms with E-state index in [9.17, 15) is 19.2 Å². The molecule has 0 saturated heterocycles. The summed E-state index contributed by atoms with van der Waals surface area (Å²) in [5.74, 6) is -1.95. The molecule has 1 aromatic rings. The molecule has 0 bridgehead atoms. The number of nitrogens with zero attached hydrogens (tertiary/aromatic N) is 1. The molecule has 27 heavy (non-hydrogen) atoms. The maximum Gasteiger partial charge on any atom is 0.338 e. The first-order valence-electron chi connectivity index (χ1n) is 8.88. The summed E-state index contributed by atoms with van der Waals surface area (Å²) in [6.07, 6.45) is 0.343. The summed E-state index contributed by atoms with van der Waals surface area (Å²) < 4.78 is 10.1. The number of fused-ring (bicyclic) bond motifs is 1. The molecule has 1 aromatic carbocycles. The van der Waals surface area contributed by atoms with E-state index in [1.165, 1.54) is 25.1 Å². The van der Waals surface area contributed by atoms with E-state index < -0.39 is 23.9 Å². The fourth-order valence-corrected chi connectivity index (χ4v) is 2.66. The van der Waals surface area contributed by atoms with Crippen LogP contribution in [0.4, 0.5) is 0 Å². The van der Waals surface area contributed by atoms with Crippen LogP contribution in [0.3, 0.4) is 0 Å². The molecule has 8 heteroatoms. The first kappa shape index (κ1) is 20.6. The van der Waals surface area contributed by atoms with Gasteiger partial charge in [0.2, 0.25) is 0 Å². The highest BCUT2D eigenvalue weighted by molar-refractivity contribution is 6.22. The van der Waals surface area contributed by atoms with Crippen LogP contribution in [0.1, 0.15) is 57.8 Å². The van der Waals surface area contributed by atoms with Crippen LogP contribution < -0.4 is 5.32 Å². The lowest BCUT2D eigenvalue weighted by Gasteiger charge is -2.13. The Morgan fingerprint density at radius 2 is 1.89 bits per heavy atom. The number of benzene rings is 1. The van der Waals surface area contributed by atoms with Gasteiger partial charge in [-0.3, -0.25) is 19.3 Å². The predicted octanol–water partition coefficient (Wildman–Crippen LogP) is 1.39. The summed E-state index contributed by atoms with van der Waals surface area (Å²) in [5.41, 5.74) is 0.529. The minimum absolute atomic E-state index is 0.115. The number of hydrogen-bond donors (Lipinski definition) is 1. The van der Waals surface area contributed by atoms with Crippen molar-refractivity contribution >= 4 is 23.7 Å². The molecule has 1 atom stereocenters. The summed E-state index contributed by atoms with van der Waals surface area (Å²) in [6, 6.07) is 4.19. The zero-order valence-corrected chi connectivity index (χ0v) is 15.7. The van der Waals surface area contributed by atoms with Crippen molar-refractivity contribution in [3.05, 3.63) is 34.9 Å². The quantitative estimate of drug-likeness (QED) is 0.397. The van der Waals surface area contributed by atoms with Crippen molar-refractivity contribution in [2.24, 2.45) is 0 Å². The van der Waals surface area contributed by atoms with Gasteiger partial charge in [0.05, 0.1) is 16.7 Å². The third-order valence-corrected chi connectivity index (χ3v) is 4.14. The van der Waals surface area contributed by atoms with Gasteiger partial charge in [0.15, 0.2) is 6.10 Å². The van der Waals surface area contributed by atoms with E-state index in [0.29, 0.717) is 19.6 Å². The Morgan fingerprint density at radius 1 is 1.19 bits per heavy atom. The van der Waals surface area contributed by atoms with Gasteiger partial charge in [0, 0.05) is 26.8 Å². The second kappa shape index (κ2) is 9.27. The van der Waals surface area contributed by atoms with E-state index in [1.54, 1.807) is 7.11 Å². The van der Waals surface area contributed by atoms with Crippen molar-refractivity contribution in [1.82, 2.24) is 10.2 Å². The Hall–Kier alpha value is -2.74. The summed E-state index contributed by atoms with van der Waals surface area (Å²) in [7, 11) is 1.55. The topological polar surface area (TPSA) is 102 Å². The maximum absolute atomic E-state index is 12.5. The highest BCUT2D eigenvalue weighted by atomic mass is 16.5.